The third kappa shape index (κ3) is 1.83. The summed E-state index contributed by atoms with van der Waals surface area (Å²) < 4.78 is 2.16. The number of hydrogen-bond acceptors (Lipinski definition) is 1. The zero-order valence-electron chi connectivity index (χ0n) is 12.0. The Bertz CT molecular complexity index is 920. The highest BCUT2D eigenvalue weighted by molar-refractivity contribution is 6.03. The zero-order valence-corrected chi connectivity index (χ0v) is 12.0. The molecule has 2 aromatic heterocycles. The van der Waals surface area contributed by atoms with Crippen LogP contribution in [0.4, 0.5) is 0 Å². The number of imidazole rings is 1. The molecular formula is C19H16N2. The van der Waals surface area contributed by atoms with Gasteiger partial charge in [-0.1, -0.05) is 61.5 Å². The second-order valence-corrected chi connectivity index (χ2v) is 5.27. The Balaban J connectivity index is 2.15. The highest BCUT2D eigenvalue weighted by Crippen LogP contribution is 2.31. The first-order valence-corrected chi connectivity index (χ1v) is 7.31. The Hall–Kier alpha value is -2.61. The maximum atomic E-state index is 4.65. The lowest BCUT2D eigenvalue weighted by molar-refractivity contribution is 1.08. The van der Waals surface area contributed by atoms with Gasteiger partial charge < -0.3 is 4.40 Å². The predicted molar refractivity (Wildman–Crippen MR) is 87.5 cm³/mol. The summed E-state index contributed by atoms with van der Waals surface area (Å²) in [6.45, 7) is 2.20. The van der Waals surface area contributed by atoms with Crippen molar-refractivity contribution in [1.82, 2.24) is 9.38 Å². The van der Waals surface area contributed by atoms with E-state index in [2.05, 4.69) is 71.0 Å². The van der Waals surface area contributed by atoms with Crippen molar-refractivity contribution in [2.45, 2.75) is 13.3 Å². The molecule has 0 N–H and O–H groups in total. The van der Waals surface area contributed by atoms with Crippen LogP contribution in [0.3, 0.4) is 0 Å². The summed E-state index contributed by atoms with van der Waals surface area (Å²) >= 11 is 0. The number of aryl methyl sites for hydroxylation is 1. The van der Waals surface area contributed by atoms with Crippen molar-refractivity contribution in [2.75, 3.05) is 0 Å². The van der Waals surface area contributed by atoms with Gasteiger partial charge in [-0.3, -0.25) is 0 Å². The van der Waals surface area contributed by atoms with E-state index in [1.807, 2.05) is 12.4 Å². The van der Waals surface area contributed by atoms with Gasteiger partial charge in [0.15, 0.2) is 0 Å². The summed E-state index contributed by atoms with van der Waals surface area (Å²) in [6.07, 6.45) is 5.15. The fraction of sp³-hybridized carbons (Fsp3) is 0.105. The molecule has 0 radical (unpaired) electrons. The molecule has 0 amide bonds. The fourth-order valence-electron chi connectivity index (χ4n) is 3.02. The minimum atomic E-state index is 1.02. The first-order valence-electron chi connectivity index (χ1n) is 7.31. The number of hydrogen-bond donors (Lipinski definition) is 0. The van der Waals surface area contributed by atoms with E-state index in [9.17, 15) is 0 Å². The Morgan fingerprint density at radius 3 is 2.38 bits per heavy atom. The van der Waals surface area contributed by atoms with Crippen LogP contribution in [0.15, 0.2) is 67.1 Å². The molecule has 0 saturated carbocycles. The molecule has 21 heavy (non-hydrogen) atoms. The predicted octanol–water partition coefficient (Wildman–Crippen LogP) is 4.72. The molecule has 0 unspecified atom stereocenters. The molecule has 0 bridgehead atoms. The first-order chi connectivity index (χ1) is 10.4. The van der Waals surface area contributed by atoms with Gasteiger partial charge in [-0.05, 0) is 17.4 Å². The average Bonchev–Trinajstić information content (AvgIpc) is 2.99. The molecule has 0 atom stereocenters. The normalized spacial score (nSPS) is 11.3. The van der Waals surface area contributed by atoms with Crippen molar-refractivity contribution in [3.8, 4) is 11.3 Å². The lowest BCUT2D eigenvalue weighted by Crippen LogP contribution is -1.92. The Morgan fingerprint density at radius 2 is 1.62 bits per heavy atom. The van der Waals surface area contributed by atoms with Crippen molar-refractivity contribution >= 4 is 16.3 Å². The second-order valence-electron chi connectivity index (χ2n) is 5.27. The molecule has 2 nitrogen and oxygen atoms in total. The average molecular weight is 272 g/mol. The van der Waals surface area contributed by atoms with Gasteiger partial charge in [0.1, 0.15) is 0 Å². The Morgan fingerprint density at radius 1 is 0.905 bits per heavy atom. The molecule has 2 heteroatoms. The summed E-state index contributed by atoms with van der Waals surface area (Å²) in [4.78, 5) is 4.65. The van der Waals surface area contributed by atoms with Gasteiger partial charge in [0.25, 0.3) is 0 Å². The van der Waals surface area contributed by atoms with Crippen LogP contribution in [0.2, 0.25) is 0 Å². The molecule has 0 aliphatic carbocycles. The van der Waals surface area contributed by atoms with Crippen molar-refractivity contribution in [1.29, 1.82) is 0 Å². The smallest absolute Gasteiger partial charge is 0.1000 e. The highest BCUT2D eigenvalue weighted by atomic mass is 15.0. The highest BCUT2D eigenvalue weighted by Gasteiger charge is 2.12. The van der Waals surface area contributed by atoms with E-state index in [-0.39, 0.29) is 0 Å². The quantitative estimate of drug-likeness (QED) is 0.516. The summed E-state index contributed by atoms with van der Waals surface area (Å²) in [5.41, 5.74) is 4.76. The number of rotatable bonds is 2. The third-order valence-electron chi connectivity index (χ3n) is 4.04. The summed E-state index contributed by atoms with van der Waals surface area (Å²) in [6, 6.07) is 19.0. The third-order valence-corrected chi connectivity index (χ3v) is 4.04. The van der Waals surface area contributed by atoms with E-state index < -0.39 is 0 Å². The van der Waals surface area contributed by atoms with Gasteiger partial charge in [-0.2, -0.15) is 0 Å². The van der Waals surface area contributed by atoms with E-state index in [0.717, 1.165) is 17.7 Å². The maximum Gasteiger partial charge on any atom is 0.1000 e. The monoisotopic (exact) mass is 272 g/mol. The number of pyridine rings is 1. The number of nitrogens with zero attached hydrogens (tertiary/aromatic N) is 2. The van der Waals surface area contributed by atoms with Crippen LogP contribution in [-0.2, 0) is 6.42 Å². The molecule has 102 valence electrons. The number of aromatic nitrogens is 2. The van der Waals surface area contributed by atoms with Gasteiger partial charge in [0, 0.05) is 17.1 Å². The van der Waals surface area contributed by atoms with E-state index in [0.29, 0.717) is 0 Å². The number of benzene rings is 2. The van der Waals surface area contributed by atoms with E-state index in [4.69, 9.17) is 0 Å². The van der Waals surface area contributed by atoms with Crippen molar-refractivity contribution in [3.63, 3.8) is 0 Å². The molecular weight excluding hydrogens is 256 g/mol. The SMILES string of the molecule is CCc1cn2cnc(-c3ccccc3)c2c2ccccc12. The van der Waals surface area contributed by atoms with Crippen LogP contribution < -0.4 is 0 Å². The van der Waals surface area contributed by atoms with Gasteiger partial charge in [-0.15, -0.1) is 0 Å². The zero-order chi connectivity index (χ0) is 14.2. The maximum absolute atomic E-state index is 4.65. The van der Waals surface area contributed by atoms with E-state index >= 15 is 0 Å². The van der Waals surface area contributed by atoms with E-state index in [1.54, 1.807) is 0 Å². The summed E-state index contributed by atoms with van der Waals surface area (Å²) in [7, 11) is 0. The molecule has 0 fully saturated rings. The first kappa shape index (κ1) is 12.2. The van der Waals surface area contributed by atoms with Crippen LogP contribution in [0, 0.1) is 0 Å². The van der Waals surface area contributed by atoms with Gasteiger partial charge in [-0.25, -0.2) is 4.98 Å². The lowest BCUT2D eigenvalue weighted by atomic mass is 10.0. The topological polar surface area (TPSA) is 17.3 Å². The molecule has 0 spiro atoms. The molecule has 0 saturated heterocycles. The van der Waals surface area contributed by atoms with Crippen LogP contribution in [0.5, 0.6) is 0 Å². The van der Waals surface area contributed by atoms with Crippen molar-refractivity contribution < 1.29 is 0 Å². The Kier molecular flexibility index (Phi) is 2.74. The van der Waals surface area contributed by atoms with Crippen LogP contribution in [0.25, 0.3) is 27.5 Å². The standard InChI is InChI=1S/C19H16N2/c1-2-14-12-21-13-20-18(15-8-4-3-5-9-15)19(21)17-11-7-6-10-16(14)17/h3-13H,2H2,1H3. The number of fused-ring (bicyclic) bond motifs is 3. The minimum Gasteiger partial charge on any atom is -0.305 e. The fourth-order valence-corrected chi connectivity index (χ4v) is 3.02. The second kappa shape index (κ2) is 4.74. The molecule has 0 aliphatic heterocycles. The van der Waals surface area contributed by atoms with Crippen LogP contribution in [-0.4, -0.2) is 9.38 Å². The lowest BCUT2D eigenvalue weighted by Gasteiger charge is -2.08. The van der Waals surface area contributed by atoms with Crippen LogP contribution >= 0.6 is 0 Å². The van der Waals surface area contributed by atoms with E-state index in [1.165, 1.54) is 21.9 Å². The van der Waals surface area contributed by atoms with Gasteiger partial charge >= 0.3 is 0 Å². The molecule has 4 rings (SSSR count). The molecule has 0 aliphatic rings. The van der Waals surface area contributed by atoms with Crippen molar-refractivity contribution in [3.05, 3.63) is 72.7 Å². The Labute approximate surface area is 123 Å². The minimum absolute atomic E-state index is 1.02. The van der Waals surface area contributed by atoms with Crippen LogP contribution in [0.1, 0.15) is 12.5 Å². The van der Waals surface area contributed by atoms with Gasteiger partial charge in [0.2, 0.25) is 0 Å². The largest absolute Gasteiger partial charge is 0.305 e. The van der Waals surface area contributed by atoms with Crippen molar-refractivity contribution in [2.24, 2.45) is 0 Å². The molecule has 4 aromatic rings. The summed E-state index contributed by atoms with van der Waals surface area (Å²) in [5.74, 6) is 0. The van der Waals surface area contributed by atoms with Gasteiger partial charge in [0.05, 0.1) is 17.5 Å². The molecule has 2 heterocycles. The molecule has 2 aromatic carbocycles. The summed E-state index contributed by atoms with van der Waals surface area (Å²) in [5, 5.41) is 2.60.